The van der Waals surface area contributed by atoms with Crippen molar-refractivity contribution in [2.45, 2.75) is 0 Å². The lowest BCUT2D eigenvalue weighted by Gasteiger charge is -2.07. The lowest BCUT2D eigenvalue weighted by atomic mass is 10.1. The molecule has 1 amide bonds. The highest BCUT2D eigenvalue weighted by atomic mass is 19.1. The van der Waals surface area contributed by atoms with Crippen molar-refractivity contribution in [3.05, 3.63) is 57.8 Å². The van der Waals surface area contributed by atoms with Crippen molar-refractivity contribution in [2.24, 2.45) is 5.73 Å². The molecule has 0 aliphatic heterocycles. The van der Waals surface area contributed by atoms with Gasteiger partial charge >= 0.3 is 0 Å². The molecule has 2 rings (SSSR count). The van der Waals surface area contributed by atoms with Gasteiger partial charge in [-0.3, -0.25) is 9.59 Å². The number of nitrogens with two attached hydrogens (primary N) is 1. The molecule has 21 heavy (non-hydrogen) atoms. The lowest BCUT2D eigenvalue weighted by Crippen LogP contribution is -2.18. The van der Waals surface area contributed by atoms with E-state index in [0.717, 1.165) is 0 Å². The molecule has 0 fully saturated rings. The number of aromatic amines is 1. The van der Waals surface area contributed by atoms with Crippen molar-refractivity contribution >= 4 is 11.6 Å². The molecule has 0 radical (unpaired) electrons. The number of anilines is 1. The van der Waals surface area contributed by atoms with Crippen molar-refractivity contribution in [1.82, 2.24) is 10.2 Å². The number of hydrogen-bond donors (Lipinski definition) is 3. The smallest absolute Gasteiger partial charge is 0.276 e. The van der Waals surface area contributed by atoms with Crippen LogP contribution in [0.15, 0.2) is 35.1 Å². The first-order valence-electron chi connectivity index (χ1n) is 5.95. The zero-order chi connectivity index (χ0) is 15.2. The van der Waals surface area contributed by atoms with Crippen molar-refractivity contribution in [3.63, 3.8) is 0 Å². The Kier molecular flexibility index (Phi) is 4.43. The predicted octanol–water partition coefficient (Wildman–Crippen LogP) is 0.471. The van der Waals surface area contributed by atoms with Crippen LogP contribution in [0, 0.1) is 17.7 Å². The van der Waals surface area contributed by atoms with E-state index in [-0.39, 0.29) is 12.2 Å². The number of aromatic nitrogens is 2. The highest BCUT2D eigenvalue weighted by Crippen LogP contribution is 2.16. The third kappa shape index (κ3) is 3.75. The number of amides is 1. The Balaban J connectivity index is 2.28. The van der Waals surface area contributed by atoms with E-state index in [1.54, 1.807) is 0 Å². The minimum absolute atomic E-state index is 0.0247. The first kappa shape index (κ1) is 14.4. The molecule has 2 aromatic rings. The maximum Gasteiger partial charge on any atom is 0.276 e. The monoisotopic (exact) mass is 286 g/mol. The number of carbonyl (C=O) groups is 1. The normalized spacial score (nSPS) is 9.62. The molecular weight excluding hydrogens is 275 g/mol. The molecule has 106 valence electrons. The van der Waals surface area contributed by atoms with E-state index in [2.05, 4.69) is 27.4 Å². The van der Waals surface area contributed by atoms with Crippen LogP contribution in [0.5, 0.6) is 0 Å². The van der Waals surface area contributed by atoms with Gasteiger partial charge in [-0.05, 0) is 24.3 Å². The highest BCUT2D eigenvalue weighted by Gasteiger charge is 2.10. The molecule has 6 nitrogen and oxygen atoms in total. The molecule has 0 bridgehead atoms. The van der Waals surface area contributed by atoms with E-state index in [4.69, 9.17) is 5.73 Å². The molecule has 0 aliphatic rings. The van der Waals surface area contributed by atoms with Crippen molar-refractivity contribution < 1.29 is 9.18 Å². The molecule has 4 N–H and O–H groups in total. The third-order valence-electron chi connectivity index (χ3n) is 2.47. The molecule has 1 aromatic carbocycles. The van der Waals surface area contributed by atoms with Gasteiger partial charge in [-0.2, -0.15) is 5.10 Å². The summed E-state index contributed by atoms with van der Waals surface area (Å²) in [7, 11) is 0. The van der Waals surface area contributed by atoms with Crippen LogP contribution in [0.25, 0.3) is 0 Å². The molecule has 0 saturated heterocycles. The van der Waals surface area contributed by atoms with E-state index in [1.807, 2.05) is 0 Å². The Hall–Kier alpha value is -2.98. The number of hydrogen-bond acceptors (Lipinski definition) is 4. The Morgan fingerprint density at radius 3 is 2.86 bits per heavy atom. The minimum atomic E-state index is -0.548. The first-order chi connectivity index (χ1) is 10.1. The van der Waals surface area contributed by atoms with Crippen LogP contribution in [-0.2, 0) is 0 Å². The molecule has 0 saturated carbocycles. The maximum atomic E-state index is 13.2. The van der Waals surface area contributed by atoms with Crippen molar-refractivity contribution in [2.75, 3.05) is 11.9 Å². The summed E-state index contributed by atoms with van der Waals surface area (Å²) in [6.45, 7) is 0.116. The number of nitrogens with one attached hydrogen (secondary N) is 2. The van der Waals surface area contributed by atoms with Crippen LogP contribution in [0.2, 0.25) is 0 Å². The van der Waals surface area contributed by atoms with Gasteiger partial charge in [-0.15, -0.1) is 0 Å². The fourth-order valence-corrected chi connectivity index (χ4v) is 1.53. The van der Waals surface area contributed by atoms with Crippen molar-refractivity contribution in [3.8, 4) is 11.8 Å². The van der Waals surface area contributed by atoms with Gasteiger partial charge in [0.25, 0.3) is 11.5 Å². The quantitative estimate of drug-likeness (QED) is 0.699. The van der Waals surface area contributed by atoms with E-state index in [9.17, 15) is 14.0 Å². The second-order valence-electron chi connectivity index (χ2n) is 3.96. The summed E-state index contributed by atoms with van der Waals surface area (Å²) in [5.41, 5.74) is 5.52. The Bertz CT molecular complexity index is 769. The van der Waals surface area contributed by atoms with Crippen LogP contribution >= 0.6 is 0 Å². The molecule has 0 spiro atoms. The molecule has 0 aliphatic carbocycles. The molecule has 1 aromatic heterocycles. The van der Waals surface area contributed by atoms with E-state index in [0.29, 0.717) is 11.3 Å². The zero-order valence-electron chi connectivity index (χ0n) is 10.8. The SMILES string of the molecule is NCC#Cc1cc(F)ccc1NC(=O)c1ccc(=O)[nH]n1. The molecule has 7 heteroatoms. The van der Waals surface area contributed by atoms with Gasteiger partial charge in [0, 0.05) is 6.07 Å². The third-order valence-corrected chi connectivity index (χ3v) is 2.47. The fraction of sp³-hybridized carbons (Fsp3) is 0.0714. The average Bonchev–Trinajstić information content (AvgIpc) is 2.48. The summed E-state index contributed by atoms with van der Waals surface area (Å²) >= 11 is 0. The summed E-state index contributed by atoms with van der Waals surface area (Å²) in [5.74, 6) is 4.24. The summed E-state index contributed by atoms with van der Waals surface area (Å²) in [5, 5.41) is 8.31. The molecule has 0 atom stereocenters. The molecular formula is C14H11FN4O2. The number of carbonyl (C=O) groups excluding carboxylic acids is 1. The van der Waals surface area contributed by atoms with Gasteiger partial charge in [0.15, 0.2) is 0 Å². The summed E-state index contributed by atoms with van der Waals surface area (Å²) in [6.07, 6.45) is 0. The second-order valence-corrected chi connectivity index (χ2v) is 3.96. The van der Waals surface area contributed by atoms with Crippen LogP contribution in [0.4, 0.5) is 10.1 Å². The van der Waals surface area contributed by atoms with Crippen LogP contribution in [0.3, 0.4) is 0 Å². The second kappa shape index (κ2) is 6.45. The van der Waals surface area contributed by atoms with E-state index in [1.165, 1.54) is 30.3 Å². The van der Waals surface area contributed by atoms with Crippen molar-refractivity contribution in [1.29, 1.82) is 0 Å². The number of nitrogens with zero attached hydrogens (tertiary/aromatic N) is 1. The van der Waals surface area contributed by atoms with Gasteiger partial charge in [0.2, 0.25) is 0 Å². The van der Waals surface area contributed by atoms with Gasteiger partial charge < -0.3 is 11.1 Å². The Morgan fingerprint density at radius 1 is 1.38 bits per heavy atom. The summed E-state index contributed by atoms with van der Waals surface area (Å²) < 4.78 is 13.2. The Morgan fingerprint density at radius 2 is 2.19 bits per heavy atom. The van der Waals surface area contributed by atoms with Crippen LogP contribution < -0.4 is 16.6 Å². The molecule has 1 heterocycles. The highest BCUT2D eigenvalue weighted by molar-refractivity contribution is 6.03. The summed E-state index contributed by atoms with van der Waals surface area (Å²) in [4.78, 5) is 22.9. The number of H-pyrrole nitrogens is 1. The van der Waals surface area contributed by atoms with E-state index >= 15 is 0 Å². The maximum absolute atomic E-state index is 13.2. The fourth-order valence-electron chi connectivity index (χ4n) is 1.53. The number of benzene rings is 1. The number of rotatable bonds is 2. The van der Waals surface area contributed by atoms with Crippen LogP contribution in [-0.4, -0.2) is 22.6 Å². The van der Waals surface area contributed by atoms with Crippen LogP contribution in [0.1, 0.15) is 16.1 Å². The summed E-state index contributed by atoms with van der Waals surface area (Å²) in [6, 6.07) is 6.24. The zero-order valence-corrected chi connectivity index (χ0v) is 10.8. The topological polar surface area (TPSA) is 101 Å². The molecule has 0 unspecified atom stereocenters. The van der Waals surface area contributed by atoms with Gasteiger partial charge in [0.1, 0.15) is 11.5 Å². The average molecular weight is 286 g/mol. The van der Waals surface area contributed by atoms with Gasteiger partial charge in [0.05, 0.1) is 17.8 Å². The van der Waals surface area contributed by atoms with Gasteiger partial charge in [-0.1, -0.05) is 11.8 Å². The largest absolute Gasteiger partial charge is 0.320 e. The minimum Gasteiger partial charge on any atom is -0.320 e. The number of halogens is 1. The lowest BCUT2D eigenvalue weighted by molar-refractivity contribution is 0.102. The van der Waals surface area contributed by atoms with Gasteiger partial charge in [-0.25, -0.2) is 9.49 Å². The first-order valence-corrected chi connectivity index (χ1v) is 5.95. The predicted molar refractivity (Wildman–Crippen MR) is 75.1 cm³/mol. The standard InChI is InChI=1S/C14H11FN4O2/c15-10-3-4-11(9(8-10)2-1-7-16)17-14(21)12-5-6-13(20)19-18-12/h3-6,8H,7,16H2,(H,17,21)(H,19,20). The van der Waals surface area contributed by atoms with E-state index < -0.39 is 17.3 Å². The Labute approximate surface area is 119 Å².